The summed E-state index contributed by atoms with van der Waals surface area (Å²) in [7, 11) is 0. The van der Waals surface area contributed by atoms with Crippen LogP contribution in [0.4, 0.5) is 11.4 Å². The Labute approximate surface area is 687 Å². The van der Waals surface area contributed by atoms with Crippen LogP contribution < -0.4 is 19.8 Å². The van der Waals surface area contributed by atoms with Gasteiger partial charge in [0.05, 0.1) is 35.2 Å². The summed E-state index contributed by atoms with van der Waals surface area (Å²) in [6.45, 7) is 47.4. The smallest absolute Gasteiger partial charge is 0.333 e. The first kappa shape index (κ1) is 96.1. The number of carboxylic acids is 2. The zero-order valence-corrected chi connectivity index (χ0v) is 70.4. The first-order valence-corrected chi connectivity index (χ1v) is 39.7. The van der Waals surface area contributed by atoms with Crippen molar-refractivity contribution in [2.75, 3.05) is 62.4 Å². The molecule has 1 atom stereocenters. The molecule has 8 aromatic rings. The predicted molar refractivity (Wildman–Crippen MR) is 480 cm³/mol. The highest BCUT2D eigenvalue weighted by atomic mass is 16.5. The number of fused-ring (bicyclic) bond motifs is 2. The fraction of sp³-hybridized carbons (Fsp3) is 0.327. The Morgan fingerprint density at radius 2 is 0.826 bits per heavy atom. The van der Waals surface area contributed by atoms with E-state index in [4.69, 9.17) is 25.2 Å². The second-order valence-corrected chi connectivity index (χ2v) is 29.4. The first-order valence-electron chi connectivity index (χ1n) is 39.7. The fourth-order valence-corrected chi connectivity index (χ4v) is 11.9. The van der Waals surface area contributed by atoms with Crippen LogP contribution in [0.15, 0.2) is 249 Å². The van der Waals surface area contributed by atoms with Crippen LogP contribution >= 0.6 is 0 Å². The highest BCUT2D eigenvalue weighted by molar-refractivity contribution is 6.18. The van der Waals surface area contributed by atoms with Crippen molar-refractivity contribution in [3.05, 3.63) is 327 Å². The molecule has 6 N–H and O–H groups in total. The van der Waals surface area contributed by atoms with Crippen LogP contribution in [0.3, 0.4) is 0 Å². The molecule has 0 radical (unpaired) electrons. The van der Waals surface area contributed by atoms with Crippen molar-refractivity contribution in [3.63, 3.8) is 0 Å². The molecule has 0 amide bonds. The van der Waals surface area contributed by atoms with Crippen molar-refractivity contribution in [2.45, 2.75) is 156 Å². The van der Waals surface area contributed by atoms with Gasteiger partial charge in [-0.15, -0.1) is 0 Å². The van der Waals surface area contributed by atoms with E-state index in [1.807, 2.05) is 33.8 Å². The van der Waals surface area contributed by atoms with Crippen LogP contribution in [0.25, 0.3) is 28.4 Å². The Bertz CT molecular complexity index is 4630. The number of benzene rings is 8. The number of carbonyl (C=O) groups is 4. The lowest BCUT2D eigenvalue weighted by Crippen LogP contribution is -2.71. The lowest BCUT2D eigenvalue weighted by Gasteiger charge is -2.22. The third-order valence-corrected chi connectivity index (χ3v) is 20.2. The quantitative estimate of drug-likeness (QED) is 0.0210. The van der Waals surface area contributed by atoms with Crippen molar-refractivity contribution in [2.24, 2.45) is 10.8 Å². The molecule has 2 aliphatic carbocycles. The highest BCUT2D eigenvalue weighted by Gasteiger charge is 2.28. The van der Waals surface area contributed by atoms with E-state index >= 15 is 0 Å². The molecule has 0 heterocycles. The van der Waals surface area contributed by atoms with E-state index in [0.29, 0.717) is 17.9 Å². The number of aliphatic carboxylic acids is 2. The van der Waals surface area contributed by atoms with Gasteiger partial charge in [0.1, 0.15) is 13.2 Å². The zero-order valence-electron chi connectivity index (χ0n) is 70.4. The Morgan fingerprint density at radius 3 is 1.13 bits per heavy atom. The molecule has 14 nitrogen and oxygen atoms in total. The highest BCUT2D eigenvalue weighted by Crippen LogP contribution is 2.40. The summed E-state index contributed by atoms with van der Waals surface area (Å²) in [5.74, 6) is -1.76. The van der Waals surface area contributed by atoms with Crippen LogP contribution in [-0.2, 0) is 41.7 Å². The number of hydrogen-bond acceptors (Lipinski definition) is 10. The monoisotopic (exact) mass is 1560 g/mol. The predicted octanol–water partition coefficient (Wildman–Crippen LogP) is 18.9. The summed E-state index contributed by atoms with van der Waals surface area (Å²) < 4.78 is 9.22. The van der Waals surface area contributed by atoms with Gasteiger partial charge in [-0.1, -0.05) is 230 Å². The maximum Gasteiger partial charge on any atom is 0.333 e. The van der Waals surface area contributed by atoms with Crippen LogP contribution in [-0.4, -0.2) is 108 Å². The van der Waals surface area contributed by atoms with E-state index in [2.05, 4.69) is 318 Å². The first-order chi connectivity index (χ1) is 54.5. The largest absolute Gasteiger partial charge is 0.481 e. The average Bonchev–Trinajstić information content (AvgIpc) is 0.773. The van der Waals surface area contributed by atoms with Gasteiger partial charge in [-0.05, 0) is 224 Å². The number of esters is 2. The Hall–Kier alpha value is -11.3. The van der Waals surface area contributed by atoms with Gasteiger partial charge in [-0.2, -0.15) is 0 Å². The summed E-state index contributed by atoms with van der Waals surface area (Å²) in [5, 5.41) is 32.9. The number of rotatable bonds is 27. The van der Waals surface area contributed by atoms with E-state index in [9.17, 15) is 19.2 Å². The normalized spacial score (nSPS) is 13.4. The van der Waals surface area contributed by atoms with Crippen molar-refractivity contribution >= 4 is 75.0 Å². The molecule has 610 valence electrons. The molecule has 0 spiro atoms. The number of ether oxygens (including phenoxy) is 2. The molecule has 115 heavy (non-hydrogen) atoms. The van der Waals surface area contributed by atoms with Crippen LogP contribution in [0.5, 0.6) is 0 Å². The molecule has 0 aliphatic heterocycles. The molecule has 1 unspecified atom stereocenters. The van der Waals surface area contributed by atoms with Gasteiger partial charge in [-0.3, -0.25) is 9.59 Å². The van der Waals surface area contributed by atoms with E-state index < -0.39 is 28.7 Å². The number of hydrogen-bond donors (Lipinski definition) is 6. The number of nitrogens with one attached hydrogen (secondary N) is 2. The van der Waals surface area contributed by atoms with Gasteiger partial charge in [0, 0.05) is 72.0 Å². The van der Waals surface area contributed by atoms with Crippen molar-refractivity contribution in [1.29, 1.82) is 0 Å². The molecule has 10 rings (SSSR count). The van der Waals surface area contributed by atoms with Gasteiger partial charge < -0.3 is 39.7 Å². The maximum absolute atomic E-state index is 11.1. The molecule has 0 aromatic heterocycles. The summed E-state index contributed by atoms with van der Waals surface area (Å²) in [5.41, 5.74) is 26.9. The number of nitrogens with zero attached hydrogens (tertiary/aromatic N) is 2. The minimum atomic E-state index is -0.935. The fourth-order valence-electron chi connectivity index (χ4n) is 11.9. The minimum absolute atomic E-state index is 0. The zero-order chi connectivity index (χ0) is 84.1. The summed E-state index contributed by atoms with van der Waals surface area (Å²) in [4.78, 5) is 53.6. The third kappa shape index (κ3) is 29.2. The van der Waals surface area contributed by atoms with Crippen LogP contribution in [0.2, 0.25) is 0 Å². The minimum Gasteiger partial charge on any atom is -0.481 e. The van der Waals surface area contributed by atoms with Crippen LogP contribution in [0.1, 0.15) is 207 Å². The molecule has 8 aromatic carbocycles. The standard InChI is InChI=1S/C39H42N2.C37H36N2.C8H16O3.C6H10O3.C6H12O2.C4H6O2.CH4/c1-6-29(5)31-19-15-30(16-20-31)27-40-38-26-25-37(35-11-9-10-12-36(35)38)39(32-17-13-28(4)14-18-32)33-21-23-34(24-22-33)41(7-2)8-3;1-5-28-14-16-29(17-15-28)26-38-36-25-24-35(33-10-8-9-11-34(33)36)37(30-18-12-27(4)13-19-30)31-20-22-32(23-21-31)39(6-2)7-3;1-4-8(2,3)7(10)11-6-5-9;1-5(2)6(8)9-4-3-7;1-4-6(2,3)5(7)8;1-3(2)4(5)6;/h9-26,29H,6-8,27H2,1-5H3;5,8-25H,1,6-7,26H2,2-4H3;9H,4-6H2,1-3H3;7H,1,3-4H2,2H3;4H2,1-3H3,(H,7,8);1H2,2H3,(H,5,6);1H4/p+2. The van der Waals surface area contributed by atoms with Crippen molar-refractivity contribution < 1.29 is 59.1 Å². The summed E-state index contributed by atoms with van der Waals surface area (Å²) >= 11 is 0. The van der Waals surface area contributed by atoms with E-state index in [1.54, 1.807) is 20.8 Å². The molecular formula is C101H128N4O10+2. The summed E-state index contributed by atoms with van der Waals surface area (Å²) in [6, 6.07) is 71.1. The van der Waals surface area contributed by atoms with Crippen molar-refractivity contribution in [1.82, 2.24) is 0 Å². The number of aryl methyl sites for hydroxylation is 2. The number of carbonyl (C=O) groups excluding carboxylic acids is 2. The van der Waals surface area contributed by atoms with E-state index in [1.165, 1.54) is 113 Å². The number of carboxylic acid groups (broad SMARTS) is 2. The maximum atomic E-state index is 11.1. The lowest BCUT2D eigenvalue weighted by atomic mass is 9.83. The number of aliphatic hydroxyl groups is 2. The van der Waals surface area contributed by atoms with Gasteiger partial charge in [-0.25, -0.2) is 19.6 Å². The van der Waals surface area contributed by atoms with Gasteiger partial charge >= 0.3 is 23.9 Å². The Kier molecular flexibility index (Phi) is 40.7. The average molecular weight is 1560 g/mol. The molecular weight excluding hydrogens is 1430 g/mol. The second-order valence-electron chi connectivity index (χ2n) is 29.4. The SMILES string of the molecule is C.C=C(C)C(=O)O.C=C(C)C(=O)OCCO.C=Cc1ccc(C[NH+]=C2C=CC(=C(c3ccc(C)cc3)c3ccc(N(CC)CC)cc3)c3ccccc32)cc1.CCC(C)(C)C(=O)O.CCC(C)(C)C(=O)OCCO.CCC(C)c1ccc(C[NH+]=C2C=CC(=C(c3ccc(C)cc3)c3ccc(N(CC)CC)cc3)c3ccccc32)cc1. The van der Waals surface area contributed by atoms with E-state index in [0.717, 1.165) is 69.1 Å². The second kappa shape index (κ2) is 48.7. The van der Waals surface area contributed by atoms with Gasteiger partial charge in [0.2, 0.25) is 11.4 Å². The number of allylic oxidation sites excluding steroid dienone is 6. The Morgan fingerprint density at radius 1 is 0.478 bits per heavy atom. The number of aliphatic hydroxyl groups excluding tert-OH is 2. The third-order valence-electron chi connectivity index (χ3n) is 20.2. The van der Waals surface area contributed by atoms with Crippen molar-refractivity contribution in [3.8, 4) is 0 Å². The van der Waals surface area contributed by atoms with Gasteiger partial charge in [0.25, 0.3) is 0 Å². The topological polar surface area (TPSA) is 202 Å². The molecule has 14 heteroatoms. The lowest BCUT2D eigenvalue weighted by molar-refractivity contribution is -0.474. The van der Waals surface area contributed by atoms with Crippen LogP contribution in [0, 0.1) is 24.7 Å². The molecule has 2 aliphatic rings. The Balaban J connectivity index is 0.000000344. The van der Waals surface area contributed by atoms with E-state index in [-0.39, 0.29) is 45.4 Å². The molecule has 0 saturated heterocycles. The molecule has 0 saturated carbocycles. The molecule has 0 fully saturated rings. The summed E-state index contributed by atoms with van der Waals surface area (Å²) in [6.07, 6.45) is 13.5. The molecule has 0 bridgehead atoms. The van der Waals surface area contributed by atoms with Gasteiger partial charge in [0.15, 0.2) is 13.1 Å². The number of anilines is 2.